The molecule has 2 saturated heterocycles. The van der Waals surface area contributed by atoms with Gasteiger partial charge >= 0.3 is 0 Å². The lowest BCUT2D eigenvalue weighted by molar-refractivity contribution is 0.0208. The molecule has 3 nitrogen and oxygen atoms in total. The van der Waals surface area contributed by atoms with Gasteiger partial charge < -0.3 is 10.6 Å². The van der Waals surface area contributed by atoms with Crippen molar-refractivity contribution in [2.75, 3.05) is 0 Å². The van der Waals surface area contributed by atoms with Gasteiger partial charge in [-0.25, -0.2) is 0 Å². The minimum Gasteiger partial charge on any atom is -0.360 e. The smallest absolute Gasteiger partial charge is 0.166 e. The van der Waals surface area contributed by atoms with Crippen LogP contribution in [0.3, 0.4) is 0 Å². The third-order valence-electron chi connectivity index (χ3n) is 5.63. The lowest BCUT2D eigenvalue weighted by Gasteiger charge is -2.49. The minimum atomic E-state index is 0.552. The van der Waals surface area contributed by atoms with Gasteiger partial charge in [0.1, 0.15) is 0 Å². The van der Waals surface area contributed by atoms with Gasteiger partial charge in [-0.05, 0) is 56.3 Å². The highest BCUT2D eigenvalue weighted by atomic mass is 32.1. The molecule has 124 valence electrons. The molecule has 1 saturated carbocycles. The fraction of sp³-hybridized carbons (Fsp3) is 0.632. The number of fused-ring (bicyclic) bond motifs is 2. The number of rotatable bonds is 4. The fourth-order valence-electron chi connectivity index (χ4n) is 4.52. The molecule has 2 bridgehead atoms. The van der Waals surface area contributed by atoms with Crippen LogP contribution in [-0.4, -0.2) is 34.2 Å². The molecular weight excluding hydrogens is 302 g/mol. The monoisotopic (exact) mass is 329 g/mol. The second-order valence-electron chi connectivity index (χ2n) is 7.40. The molecular formula is C19H27N3S. The van der Waals surface area contributed by atoms with Gasteiger partial charge in [-0.3, -0.25) is 4.90 Å². The Labute approximate surface area is 144 Å². The minimum absolute atomic E-state index is 0.552. The molecule has 1 aromatic carbocycles. The van der Waals surface area contributed by atoms with Crippen molar-refractivity contribution in [2.45, 2.75) is 75.7 Å². The van der Waals surface area contributed by atoms with Crippen LogP contribution in [0.15, 0.2) is 30.3 Å². The van der Waals surface area contributed by atoms with Crippen molar-refractivity contribution < 1.29 is 0 Å². The third kappa shape index (κ3) is 3.69. The molecule has 4 heteroatoms. The van der Waals surface area contributed by atoms with E-state index >= 15 is 0 Å². The van der Waals surface area contributed by atoms with E-state index < -0.39 is 0 Å². The van der Waals surface area contributed by atoms with E-state index in [2.05, 4.69) is 39.8 Å². The summed E-state index contributed by atoms with van der Waals surface area (Å²) in [5.74, 6) is 0. The van der Waals surface area contributed by atoms with Gasteiger partial charge in [0.05, 0.1) is 0 Å². The van der Waals surface area contributed by atoms with E-state index in [0.29, 0.717) is 6.04 Å². The highest BCUT2D eigenvalue weighted by Crippen LogP contribution is 2.41. The fourth-order valence-corrected chi connectivity index (χ4v) is 4.76. The first-order valence-electron chi connectivity index (χ1n) is 9.15. The van der Waals surface area contributed by atoms with Crippen molar-refractivity contribution in [1.29, 1.82) is 0 Å². The second-order valence-corrected chi connectivity index (χ2v) is 7.81. The molecule has 3 aliphatic rings. The molecule has 1 aromatic rings. The van der Waals surface area contributed by atoms with Gasteiger partial charge in [-0.1, -0.05) is 36.8 Å². The number of benzene rings is 1. The summed E-state index contributed by atoms with van der Waals surface area (Å²) in [4.78, 5) is 2.86. The van der Waals surface area contributed by atoms with Crippen LogP contribution >= 0.6 is 12.2 Å². The summed E-state index contributed by atoms with van der Waals surface area (Å²) in [7, 11) is 0. The summed E-state index contributed by atoms with van der Waals surface area (Å²) in [6.45, 7) is 0.806. The predicted molar refractivity (Wildman–Crippen MR) is 98.3 cm³/mol. The Morgan fingerprint density at radius 2 is 1.70 bits per heavy atom. The Bertz CT molecular complexity index is 529. The molecule has 0 aromatic heterocycles. The van der Waals surface area contributed by atoms with E-state index in [1.807, 2.05) is 6.07 Å². The number of hydrogen-bond donors (Lipinski definition) is 2. The first-order valence-corrected chi connectivity index (χ1v) is 9.56. The van der Waals surface area contributed by atoms with Crippen molar-refractivity contribution in [3.63, 3.8) is 0 Å². The average Bonchev–Trinajstić information content (AvgIpc) is 3.38. The zero-order chi connectivity index (χ0) is 15.6. The summed E-state index contributed by atoms with van der Waals surface area (Å²) in [6.07, 6.45) is 9.58. The number of nitrogens with zero attached hydrogens (tertiary/aromatic N) is 1. The highest BCUT2D eigenvalue weighted by molar-refractivity contribution is 7.80. The second kappa shape index (κ2) is 6.78. The largest absolute Gasteiger partial charge is 0.360 e. The molecule has 2 N–H and O–H groups in total. The molecule has 4 rings (SSSR count). The summed E-state index contributed by atoms with van der Waals surface area (Å²) in [5.41, 5.74) is 1.28. The maximum atomic E-state index is 5.52. The maximum absolute atomic E-state index is 5.52. The lowest BCUT2D eigenvalue weighted by Crippen LogP contribution is -2.58. The number of hydrogen-bond acceptors (Lipinski definition) is 2. The van der Waals surface area contributed by atoms with Crippen LogP contribution in [0.2, 0.25) is 0 Å². The van der Waals surface area contributed by atoms with Gasteiger partial charge in [0.2, 0.25) is 0 Å². The zero-order valence-electron chi connectivity index (χ0n) is 13.7. The lowest BCUT2D eigenvalue weighted by atomic mass is 9.81. The first-order chi connectivity index (χ1) is 11.3. The van der Waals surface area contributed by atoms with Crippen LogP contribution in [-0.2, 0) is 6.54 Å². The average molecular weight is 330 g/mol. The molecule has 2 heterocycles. The number of nitrogens with one attached hydrogen (secondary N) is 2. The van der Waals surface area contributed by atoms with Gasteiger partial charge in [0.15, 0.2) is 5.11 Å². The van der Waals surface area contributed by atoms with Crippen LogP contribution in [0.4, 0.5) is 0 Å². The van der Waals surface area contributed by atoms with Crippen LogP contribution in [0.25, 0.3) is 0 Å². The van der Waals surface area contributed by atoms with Crippen LogP contribution in [0.1, 0.15) is 50.5 Å². The predicted octanol–water partition coefficient (Wildman–Crippen LogP) is 3.20. The zero-order valence-corrected chi connectivity index (χ0v) is 14.5. The summed E-state index contributed by atoms with van der Waals surface area (Å²) in [5, 5.41) is 7.77. The molecule has 0 amide bonds. The van der Waals surface area contributed by atoms with Crippen LogP contribution in [0.5, 0.6) is 0 Å². The number of thiocarbonyl (C=S) groups is 1. The molecule has 2 aliphatic heterocycles. The van der Waals surface area contributed by atoms with Crippen LogP contribution < -0.4 is 10.6 Å². The summed E-state index contributed by atoms with van der Waals surface area (Å²) >= 11 is 5.52. The van der Waals surface area contributed by atoms with E-state index in [4.69, 9.17) is 12.2 Å². The Morgan fingerprint density at radius 3 is 2.35 bits per heavy atom. The molecule has 2 atom stereocenters. The van der Waals surface area contributed by atoms with E-state index in [-0.39, 0.29) is 0 Å². The van der Waals surface area contributed by atoms with Gasteiger partial charge in [0, 0.05) is 30.7 Å². The van der Waals surface area contributed by atoms with Crippen molar-refractivity contribution in [1.82, 2.24) is 15.5 Å². The highest BCUT2D eigenvalue weighted by Gasteiger charge is 2.44. The Hall–Kier alpha value is -1.13. The van der Waals surface area contributed by atoms with Crippen molar-refractivity contribution in [3.8, 4) is 0 Å². The maximum Gasteiger partial charge on any atom is 0.166 e. The Balaban J connectivity index is 1.28. The van der Waals surface area contributed by atoms with Crippen molar-refractivity contribution in [2.24, 2.45) is 0 Å². The molecule has 1 aliphatic carbocycles. The SMILES string of the molecule is S=C(NCc1ccccc1)NC1CC2CCCC(C1)N2C1CC1. The first kappa shape index (κ1) is 15.4. The normalized spacial score (nSPS) is 30.7. The Kier molecular flexibility index (Phi) is 4.54. The molecule has 2 unspecified atom stereocenters. The standard InChI is InChI=1S/C19H27N3S/c23-19(20-13-14-5-2-1-3-6-14)21-15-11-17-7-4-8-18(12-15)22(17)16-9-10-16/h1-3,5-6,15-18H,4,7-13H2,(H2,20,21,23). The molecule has 0 radical (unpaired) electrons. The van der Waals surface area contributed by atoms with Crippen molar-refractivity contribution >= 4 is 17.3 Å². The quantitative estimate of drug-likeness (QED) is 0.830. The van der Waals surface area contributed by atoms with Gasteiger partial charge in [-0.15, -0.1) is 0 Å². The molecule has 0 spiro atoms. The summed E-state index contributed by atoms with van der Waals surface area (Å²) < 4.78 is 0. The van der Waals surface area contributed by atoms with Gasteiger partial charge in [0.25, 0.3) is 0 Å². The molecule has 23 heavy (non-hydrogen) atoms. The Morgan fingerprint density at radius 1 is 1.00 bits per heavy atom. The summed E-state index contributed by atoms with van der Waals surface area (Å²) in [6, 6.07) is 13.5. The van der Waals surface area contributed by atoms with E-state index in [9.17, 15) is 0 Å². The third-order valence-corrected chi connectivity index (χ3v) is 5.89. The van der Waals surface area contributed by atoms with E-state index in [1.54, 1.807) is 0 Å². The van der Waals surface area contributed by atoms with Crippen LogP contribution in [0, 0.1) is 0 Å². The van der Waals surface area contributed by atoms with E-state index in [1.165, 1.54) is 50.5 Å². The topological polar surface area (TPSA) is 27.3 Å². The van der Waals surface area contributed by atoms with Crippen molar-refractivity contribution in [3.05, 3.63) is 35.9 Å². The molecule has 3 fully saturated rings. The van der Waals surface area contributed by atoms with E-state index in [0.717, 1.165) is 29.8 Å². The number of piperidine rings is 2. The van der Waals surface area contributed by atoms with Gasteiger partial charge in [-0.2, -0.15) is 0 Å².